The Labute approximate surface area is 115 Å². The number of aryl methyl sites for hydroxylation is 5. The number of rotatable bonds is 4. The summed E-state index contributed by atoms with van der Waals surface area (Å²) in [5.41, 5.74) is 7.55. The average molecular weight is 258 g/mol. The molecule has 3 heteroatoms. The highest BCUT2D eigenvalue weighted by Gasteiger charge is 2.09. The fourth-order valence-corrected chi connectivity index (χ4v) is 2.56. The maximum atomic E-state index is 5.17. The molecule has 0 aliphatic heterocycles. The SMILES string of the molecule is Cc1cc(C)c(CNCc2c(C)noc2C)c(C)c1. The van der Waals surface area contributed by atoms with E-state index in [1.807, 2.05) is 13.8 Å². The molecule has 0 atom stereocenters. The van der Waals surface area contributed by atoms with Crippen LogP contribution in [0.5, 0.6) is 0 Å². The van der Waals surface area contributed by atoms with Crippen molar-refractivity contribution in [3.8, 4) is 0 Å². The summed E-state index contributed by atoms with van der Waals surface area (Å²) in [6.07, 6.45) is 0. The Hall–Kier alpha value is -1.61. The maximum absolute atomic E-state index is 5.17. The van der Waals surface area contributed by atoms with Gasteiger partial charge in [0.15, 0.2) is 0 Å². The van der Waals surface area contributed by atoms with E-state index in [0.717, 1.165) is 24.5 Å². The van der Waals surface area contributed by atoms with Crippen LogP contribution in [0.1, 0.15) is 39.3 Å². The summed E-state index contributed by atoms with van der Waals surface area (Å²) in [7, 11) is 0. The summed E-state index contributed by atoms with van der Waals surface area (Å²) < 4.78 is 5.17. The minimum absolute atomic E-state index is 0.800. The first-order chi connectivity index (χ1) is 8.99. The van der Waals surface area contributed by atoms with Crippen LogP contribution in [0.25, 0.3) is 0 Å². The molecule has 0 aliphatic rings. The highest BCUT2D eigenvalue weighted by molar-refractivity contribution is 5.37. The van der Waals surface area contributed by atoms with E-state index in [2.05, 4.69) is 43.4 Å². The van der Waals surface area contributed by atoms with Gasteiger partial charge in [0.1, 0.15) is 5.76 Å². The van der Waals surface area contributed by atoms with Crippen molar-refractivity contribution in [1.82, 2.24) is 10.5 Å². The van der Waals surface area contributed by atoms with Gasteiger partial charge in [0.2, 0.25) is 0 Å². The summed E-state index contributed by atoms with van der Waals surface area (Å²) >= 11 is 0. The molecule has 0 spiro atoms. The molecule has 1 heterocycles. The van der Waals surface area contributed by atoms with Crippen molar-refractivity contribution < 1.29 is 4.52 Å². The molecule has 0 aliphatic carbocycles. The van der Waals surface area contributed by atoms with Gasteiger partial charge in [0, 0.05) is 18.7 Å². The molecule has 1 N–H and O–H groups in total. The van der Waals surface area contributed by atoms with Gasteiger partial charge in [-0.2, -0.15) is 0 Å². The predicted octanol–water partition coefficient (Wildman–Crippen LogP) is 3.51. The first kappa shape index (κ1) is 13.8. The van der Waals surface area contributed by atoms with Crippen molar-refractivity contribution in [2.24, 2.45) is 0 Å². The number of hydrogen-bond donors (Lipinski definition) is 1. The van der Waals surface area contributed by atoms with Gasteiger partial charge in [0.05, 0.1) is 5.69 Å². The molecular weight excluding hydrogens is 236 g/mol. The van der Waals surface area contributed by atoms with Gasteiger partial charge in [-0.15, -0.1) is 0 Å². The van der Waals surface area contributed by atoms with Crippen molar-refractivity contribution in [1.29, 1.82) is 0 Å². The molecule has 0 saturated carbocycles. The first-order valence-corrected chi connectivity index (χ1v) is 6.68. The lowest BCUT2D eigenvalue weighted by Crippen LogP contribution is -2.15. The van der Waals surface area contributed by atoms with Crippen LogP contribution in [0.3, 0.4) is 0 Å². The summed E-state index contributed by atoms with van der Waals surface area (Å²) in [6, 6.07) is 4.47. The molecular formula is C16H22N2O. The molecule has 0 saturated heterocycles. The molecule has 0 bridgehead atoms. The topological polar surface area (TPSA) is 38.1 Å². The highest BCUT2D eigenvalue weighted by Crippen LogP contribution is 2.17. The smallest absolute Gasteiger partial charge is 0.138 e. The summed E-state index contributed by atoms with van der Waals surface area (Å²) in [6.45, 7) is 12.1. The molecule has 1 aromatic carbocycles. The Morgan fingerprint density at radius 1 is 0.947 bits per heavy atom. The zero-order valence-electron chi connectivity index (χ0n) is 12.4. The molecule has 19 heavy (non-hydrogen) atoms. The van der Waals surface area contributed by atoms with Crippen LogP contribution in [0.15, 0.2) is 16.7 Å². The van der Waals surface area contributed by atoms with E-state index in [9.17, 15) is 0 Å². The standard InChI is InChI=1S/C16H22N2O/c1-10-6-11(2)15(12(3)7-10)8-17-9-16-13(4)18-19-14(16)5/h6-7,17H,8-9H2,1-5H3. The lowest BCUT2D eigenvalue weighted by atomic mass is 10.00. The van der Waals surface area contributed by atoms with Crippen LogP contribution < -0.4 is 5.32 Å². The Bertz CT molecular complexity index is 542. The molecule has 0 unspecified atom stereocenters. The van der Waals surface area contributed by atoms with E-state index < -0.39 is 0 Å². The predicted molar refractivity (Wildman–Crippen MR) is 77.2 cm³/mol. The highest BCUT2D eigenvalue weighted by atomic mass is 16.5. The zero-order valence-corrected chi connectivity index (χ0v) is 12.4. The lowest BCUT2D eigenvalue weighted by Gasteiger charge is -2.12. The molecule has 3 nitrogen and oxygen atoms in total. The van der Waals surface area contributed by atoms with Crippen LogP contribution in [-0.4, -0.2) is 5.16 Å². The minimum Gasteiger partial charge on any atom is -0.361 e. The Morgan fingerprint density at radius 3 is 2.05 bits per heavy atom. The second-order valence-electron chi connectivity index (χ2n) is 5.28. The van der Waals surface area contributed by atoms with E-state index >= 15 is 0 Å². The van der Waals surface area contributed by atoms with Crippen molar-refractivity contribution in [2.45, 2.75) is 47.7 Å². The van der Waals surface area contributed by atoms with Crippen LogP contribution in [0, 0.1) is 34.6 Å². The normalized spacial score (nSPS) is 11.0. The van der Waals surface area contributed by atoms with E-state index in [0.29, 0.717) is 0 Å². The molecule has 1 aromatic heterocycles. The van der Waals surface area contributed by atoms with Crippen LogP contribution in [0.4, 0.5) is 0 Å². The van der Waals surface area contributed by atoms with E-state index in [-0.39, 0.29) is 0 Å². The lowest BCUT2D eigenvalue weighted by molar-refractivity contribution is 0.392. The third-order valence-electron chi connectivity index (χ3n) is 3.63. The average Bonchev–Trinajstić information content (AvgIpc) is 2.63. The molecule has 0 amide bonds. The number of benzene rings is 1. The Morgan fingerprint density at radius 2 is 1.53 bits per heavy atom. The first-order valence-electron chi connectivity index (χ1n) is 6.68. The third-order valence-corrected chi connectivity index (χ3v) is 3.63. The summed E-state index contributed by atoms with van der Waals surface area (Å²) in [5, 5.41) is 7.46. The van der Waals surface area contributed by atoms with E-state index in [4.69, 9.17) is 4.52 Å². The molecule has 2 aromatic rings. The fraction of sp³-hybridized carbons (Fsp3) is 0.438. The van der Waals surface area contributed by atoms with Crippen LogP contribution in [0.2, 0.25) is 0 Å². The van der Waals surface area contributed by atoms with Gasteiger partial charge < -0.3 is 9.84 Å². The van der Waals surface area contributed by atoms with Crippen molar-refractivity contribution >= 4 is 0 Å². The Balaban J connectivity index is 2.04. The minimum atomic E-state index is 0.800. The number of hydrogen-bond acceptors (Lipinski definition) is 3. The second kappa shape index (κ2) is 5.57. The molecule has 102 valence electrons. The van der Waals surface area contributed by atoms with Crippen molar-refractivity contribution in [3.63, 3.8) is 0 Å². The molecule has 0 radical (unpaired) electrons. The number of nitrogens with one attached hydrogen (secondary N) is 1. The van der Waals surface area contributed by atoms with Crippen molar-refractivity contribution in [3.05, 3.63) is 51.4 Å². The summed E-state index contributed by atoms with van der Waals surface area (Å²) in [4.78, 5) is 0. The van der Waals surface area contributed by atoms with E-state index in [1.165, 1.54) is 27.8 Å². The molecule has 0 fully saturated rings. The molecule has 2 rings (SSSR count). The zero-order chi connectivity index (χ0) is 14.0. The van der Waals surface area contributed by atoms with Gasteiger partial charge in [-0.05, 0) is 51.3 Å². The number of nitrogens with zero attached hydrogens (tertiary/aromatic N) is 1. The Kier molecular flexibility index (Phi) is 4.05. The summed E-state index contributed by atoms with van der Waals surface area (Å²) in [5.74, 6) is 0.905. The van der Waals surface area contributed by atoms with Crippen molar-refractivity contribution in [2.75, 3.05) is 0 Å². The quantitative estimate of drug-likeness (QED) is 0.912. The van der Waals surface area contributed by atoms with Gasteiger partial charge in [-0.1, -0.05) is 22.9 Å². The van der Waals surface area contributed by atoms with Gasteiger partial charge in [-0.3, -0.25) is 0 Å². The van der Waals surface area contributed by atoms with Gasteiger partial charge >= 0.3 is 0 Å². The van der Waals surface area contributed by atoms with Crippen LogP contribution in [-0.2, 0) is 13.1 Å². The van der Waals surface area contributed by atoms with Gasteiger partial charge in [-0.25, -0.2) is 0 Å². The number of aromatic nitrogens is 1. The maximum Gasteiger partial charge on any atom is 0.138 e. The second-order valence-corrected chi connectivity index (χ2v) is 5.28. The monoisotopic (exact) mass is 258 g/mol. The third kappa shape index (κ3) is 3.04. The van der Waals surface area contributed by atoms with E-state index in [1.54, 1.807) is 0 Å². The fourth-order valence-electron chi connectivity index (χ4n) is 2.56. The van der Waals surface area contributed by atoms with Crippen LogP contribution >= 0.6 is 0 Å². The largest absolute Gasteiger partial charge is 0.361 e. The van der Waals surface area contributed by atoms with Gasteiger partial charge in [0.25, 0.3) is 0 Å².